The van der Waals surface area contributed by atoms with Crippen molar-refractivity contribution >= 4 is 11.9 Å². The minimum atomic E-state index is -0.976. The lowest BCUT2D eigenvalue weighted by atomic mass is 9.96. The third-order valence-electron chi connectivity index (χ3n) is 3.37. The van der Waals surface area contributed by atoms with E-state index < -0.39 is 11.9 Å². The van der Waals surface area contributed by atoms with Gasteiger partial charge in [0.15, 0.2) is 0 Å². The number of aromatic hydroxyl groups is 1. The second-order valence-corrected chi connectivity index (χ2v) is 5.28. The molecule has 0 spiro atoms. The SMILES string of the molecule is Cc1cc(C(C)NCC(=O)O)c(O)c(C(C)NCC(=O)O)c1. The fraction of sp³-hybridized carbons (Fsp3) is 0.467. The minimum absolute atomic E-state index is 0.0429. The van der Waals surface area contributed by atoms with Crippen molar-refractivity contribution in [3.8, 4) is 5.75 Å². The van der Waals surface area contributed by atoms with Crippen LogP contribution in [0, 0.1) is 6.92 Å². The van der Waals surface area contributed by atoms with E-state index in [-0.39, 0.29) is 30.9 Å². The molecule has 2 unspecified atom stereocenters. The van der Waals surface area contributed by atoms with Crippen LogP contribution in [0.2, 0.25) is 0 Å². The molecule has 7 nitrogen and oxygen atoms in total. The summed E-state index contributed by atoms with van der Waals surface area (Å²) in [6.45, 7) is 4.96. The Kier molecular flexibility index (Phi) is 6.33. The summed E-state index contributed by atoms with van der Waals surface area (Å²) in [4.78, 5) is 21.2. The van der Waals surface area contributed by atoms with Crippen LogP contribution < -0.4 is 10.6 Å². The topological polar surface area (TPSA) is 119 Å². The summed E-state index contributed by atoms with van der Waals surface area (Å²) in [7, 11) is 0. The fourth-order valence-corrected chi connectivity index (χ4v) is 2.20. The van der Waals surface area contributed by atoms with Gasteiger partial charge in [0.2, 0.25) is 0 Å². The Balaban J connectivity index is 3.00. The number of hydrogen-bond donors (Lipinski definition) is 5. The smallest absolute Gasteiger partial charge is 0.317 e. The molecule has 0 heterocycles. The van der Waals surface area contributed by atoms with Gasteiger partial charge in [0.1, 0.15) is 5.75 Å². The molecule has 0 aliphatic heterocycles. The summed E-state index contributed by atoms with van der Waals surface area (Å²) in [5.74, 6) is -1.91. The lowest BCUT2D eigenvalue weighted by molar-refractivity contribution is -0.137. The van der Waals surface area contributed by atoms with E-state index in [4.69, 9.17) is 10.2 Å². The van der Waals surface area contributed by atoms with Gasteiger partial charge in [-0.3, -0.25) is 9.59 Å². The zero-order valence-corrected chi connectivity index (χ0v) is 12.9. The van der Waals surface area contributed by atoms with Crippen LogP contribution in [0.5, 0.6) is 5.75 Å². The molecule has 0 amide bonds. The standard InChI is InChI=1S/C15H22N2O5/c1-8-4-11(9(2)16-6-13(18)19)15(22)12(5-8)10(3)17-7-14(20)21/h4-5,9-10,16-17,22H,6-7H2,1-3H3,(H,18,19)(H,20,21). The van der Waals surface area contributed by atoms with Gasteiger partial charge in [-0.1, -0.05) is 17.7 Å². The average Bonchev–Trinajstić information content (AvgIpc) is 2.44. The van der Waals surface area contributed by atoms with E-state index in [1.165, 1.54) is 0 Å². The molecule has 0 bridgehead atoms. The lowest BCUT2D eigenvalue weighted by Crippen LogP contribution is -2.27. The third kappa shape index (κ3) is 5.01. The van der Waals surface area contributed by atoms with Crippen molar-refractivity contribution in [1.29, 1.82) is 0 Å². The Labute approximate surface area is 129 Å². The molecule has 1 aromatic rings. The number of aryl methyl sites for hydroxylation is 1. The Bertz CT molecular complexity index is 514. The van der Waals surface area contributed by atoms with Crippen molar-refractivity contribution in [1.82, 2.24) is 10.6 Å². The maximum absolute atomic E-state index is 10.6. The Hall–Kier alpha value is -2.12. The summed E-state index contributed by atoms with van der Waals surface area (Å²) in [5.41, 5.74) is 2.07. The number of aliphatic carboxylic acids is 2. The Morgan fingerprint density at radius 2 is 1.36 bits per heavy atom. The summed E-state index contributed by atoms with van der Waals surface area (Å²) in [6.07, 6.45) is 0. The molecule has 1 rings (SSSR count). The summed E-state index contributed by atoms with van der Waals surface area (Å²) in [5, 5.41) is 33.4. The highest BCUT2D eigenvalue weighted by atomic mass is 16.4. The van der Waals surface area contributed by atoms with Crippen LogP contribution in [0.3, 0.4) is 0 Å². The summed E-state index contributed by atoms with van der Waals surface area (Å²) < 4.78 is 0. The van der Waals surface area contributed by atoms with E-state index in [0.717, 1.165) is 5.56 Å². The lowest BCUT2D eigenvalue weighted by Gasteiger charge is -2.21. The van der Waals surface area contributed by atoms with Crippen LogP contribution in [0.1, 0.15) is 42.6 Å². The van der Waals surface area contributed by atoms with E-state index in [1.54, 1.807) is 26.0 Å². The second kappa shape index (κ2) is 7.77. The molecule has 5 N–H and O–H groups in total. The zero-order valence-electron chi connectivity index (χ0n) is 12.9. The van der Waals surface area contributed by atoms with Crippen LogP contribution in [0.4, 0.5) is 0 Å². The normalized spacial score (nSPS) is 13.6. The van der Waals surface area contributed by atoms with Gasteiger partial charge >= 0.3 is 11.9 Å². The number of carbonyl (C=O) groups is 2. The van der Waals surface area contributed by atoms with Gasteiger partial charge in [-0.2, -0.15) is 0 Å². The number of hydrogen-bond acceptors (Lipinski definition) is 5. The molecule has 0 radical (unpaired) electrons. The first-order chi connectivity index (χ1) is 10.2. The van der Waals surface area contributed by atoms with Gasteiger partial charge in [-0.15, -0.1) is 0 Å². The first kappa shape index (κ1) is 17.9. The number of carboxylic acids is 2. The zero-order chi connectivity index (χ0) is 16.9. The van der Waals surface area contributed by atoms with Gasteiger partial charge in [0.05, 0.1) is 13.1 Å². The van der Waals surface area contributed by atoms with Gasteiger partial charge in [-0.25, -0.2) is 0 Å². The summed E-state index contributed by atoms with van der Waals surface area (Å²) >= 11 is 0. The number of phenols is 1. The monoisotopic (exact) mass is 310 g/mol. The highest BCUT2D eigenvalue weighted by Crippen LogP contribution is 2.33. The van der Waals surface area contributed by atoms with Crippen LogP contribution in [0.25, 0.3) is 0 Å². The maximum Gasteiger partial charge on any atom is 0.317 e. The molecule has 0 saturated carbocycles. The fourth-order valence-electron chi connectivity index (χ4n) is 2.20. The molecule has 0 aliphatic rings. The van der Waals surface area contributed by atoms with Crippen LogP contribution in [-0.2, 0) is 9.59 Å². The van der Waals surface area contributed by atoms with E-state index in [0.29, 0.717) is 11.1 Å². The van der Waals surface area contributed by atoms with Crippen LogP contribution in [0.15, 0.2) is 12.1 Å². The number of benzene rings is 1. The van der Waals surface area contributed by atoms with Crippen molar-refractivity contribution in [3.05, 3.63) is 28.8 Å². The quantitative estimate of drug-likeness (QED) is 0.489. The first-order valence-corrected chi connectivity index (χ1v) is 6.96. The number of phenolic OH excluding ortho intramolecular Hbond substituents is 1. The van der Waals surface area contributed by atoms with Crippen molar-refractivity contribution in [2.24, 2.45) is 0 Å². The Morgan fingerprint density at radius 1 is 1.00 bits per heavy atom. The molecule has 0 aromatic heterocycles. The van der Waals surface area contributed by atoms with Crippen LogP contribution in [-0.4, -0.2) is 40.3 Å². The molecule has 22 heavy (non-hydrogen) atoms. The minimum Gasteiger partial charge on any atom is -0.507 e. The predicted molar refractivity (Wildman–Crippen MR) is 81.0 cm³/mol. The Morgan fingerprint density at radius 3 is 1.68 bits per heavy atom. The molecular weight excluding hydrogens is 288 g/mol. The number of nitrogens with one attached hydrogen (secondary N) is 2. The molecule has 122 valence electrons. The highest BCUT2D eigenvalue weighted by molar-refractivity contribution is 5.69. The number of rotatable bonds is 8. The van der Waals surface area contributed by atoms with Crippen molar-refractivity contribution < 1.29 is 24.9 Å². The molecular formula is C15H22N2O5. The van der Waals surface area contributed by atoms with Crippen molar-refractivity contribution in [3.63, 3.8) is 0 Å². The predicted octanol–water partition coefficient (Wildman–Crippen LogP) is 1.17. The van der Waals surface area contributed by atoms with Gasteiger partial charge in [0, 0.05) is 23.2 Å². The maximum atomic E-state index is 10.6. The second-order valence-electron chi connectivity index (χ2n) is 5.28. The van der Waals surface area contributed by atoms with Crippen LogP contribution >= 0.6 is 0 Å². The van der Waals surface area contributed by atoms with Crippen molar-refractivity contribution in [2.75, 3.05) is 13.1 Å². The van der Waals surface area contributed by atoms with Crippen molar-refractivity contribution in [2.45, 2.75) is 32.9 Å². The highest BCUT2D eigenvalue weighted by Gasteiger charge is 2.18. The van der Waals surface area contributed by atoms with E-state index >= 15 is 0 Å². The number of carboxylic acid groups (broad SMARTS) is 2. The van der Waals surface area contributed by atoms with Gasteiger partial charge in [-0.05, 0) is 20.8 Å². The largest absolute Gasteiger partial charge is 0.507 e. The average molecular weight is 310 g/mol. The summed E-state index contributed by atoms with van der Waals surface area (Å²) in [6, 6.07) is 2.87. The first-order valence-electron chi connectivity index (χ1n) is 6.96. The molecule has 0 fully saturated rings. The molecule has 0 aliphatic carbocycles. The molecule has 7 heteroatoms. The van der Waals surface area contributed by atoms with E-state index in [1.807, 2.05) is 6.92 Å². The molecule has 0 saturated heterocycles. The van der Waals surface area contributed by atoms with Gasteiger partial charge < -0.3 is 26.0 Å². The third-order valence-corrected chi connectivity index (χ3v) is 3.37. The molecule has 1 aromatic carbocycles. The van der Waals surface area contributed by atoms with E-state index in [9.17, 15) is 14.7 Å². The molecule has 2 atom stereocenters. The van der Waals surface area contributed by atoms with Gasteiger partial charge in [0.25, 0.3) is 0 Å². The van der Waals surface area contributed by atoms with E-state index in [2.05, 4.69) is 10.6 Å².